The van der Waals surface area contributed by atoms with Crippen LogP contribution in [-0.4, -0.2) is 47.6 Å². The van der Waals surface area contributed by atoms with Gasteiger partial charge in [0.15, 0.2) is 0 Å². The van der Waals surface area contributed by atoms with Crippen LogP contribution in [-0.2, 0) is 0 Å². The summed E-state index contributed by atoms with van der Waals surface area (Å²) in [4.78, 5) is 18.1. The maximum absolute atomic E-state index is 12.7. The van der Waals surface area contributed by atoms with Gasteiger partial charge in [0.1, 0.15) is 12.2 Å². The maximum Gasteiger partial charge on any atom is 0.317 e. The topological polar surface area (TPSA) is 78.2 Å². The zero-order chi connectivity index (χ0) is 18.5. The molecule has 2 heterocycles. The van der Waals surface area contributed by atoms with Gasteiger partial charge in [-0.15, -0.1) is 0 Å². The summed E-state index contributed by atoms with van der Waals surface area (Å²) in [7, 11) is 0. The first-order valence-corrected chi connectivity index (χ1v) is 8.91. The number of nitrogens with zero attached hydrogens (tertiary/aromatic N) is 3. The Labute approximate surface area is 151 Å². The highest BCUT2D eigenvalue weighted by Crippen LogP contribution is 2.29. The average Bonchev–Trinajstić information content (AvgIpc) is 3.11. The molecule has 0 aromatic carbocycles. The SMILES string of the molecule is N#Cc1ccc(OC2CCN(C(=O)NC3CCC(C(F)F)CC3)C2)nc1. The van der Waals surface area contributed by atoms with Crippen LogP contribution in [0.3, 0.4) is 0 Å². The Bertz CT molecular complexity index is 654. The number of ether oxygens (including phenoxy) is 1. The van der Waals surface area contributed by atoms with E-state index in [9.17, 15) is 13.6 Å². The fraction of sp³-hybridized carbons (Fsp3) is 0.611. The highest BCUT2D eigenvalue weighted by molar-refractivity contribution is 5.74. The van der Waals surface area contributed by atoms with Crippen molar-refractivity contribution in [1.29, 1.82) is 5.26 Å². The van der Waals surface area contributed by atoms with Crippen molar-refractivity contribution in [1.82, 2.24) is 15.2 Å². The zero-order valence-corrected chi connectivity index (χ0v) is 14.4. The molecule has 1 aromatic rings. The van der Waals surface area contributed by atoms with Crippen LogP contribution in [0, 0.1) is 17.2 Å². The molecular formula is C18H22F2N4O2. The molecule has 0 spiro atoms. The molecule has 1 unspecified atom stereocenters. The Morgan fingerprint density at radius 1 is 1.31 bits per heavy atom. The number of hydrogen-bond donors (Lipinski definition) is 1. The van der Waals surface area contributed by atoms with Crippen molar-refractivity contribution in [3.8, 4) is 11.9 Å². The van der Waals surface area contributed by atoms with Crippen molar-refractivity contribution in [2.75, 3.05) is 13.1 Å². The second kappa shape index (κ2) is 8.30. The Hall–Kier alpha value is -2.43. The number of carbonyl (C=O) groups excluding carboxylic acids is 1. The number of aromatic nitrogens is 1. The summed E-state index contributed by atoms with van der Waals surface area (Å²) in [6.45, 7) is 1.04. The Kier molecular flexibility index (Phi) is 5.86. The molecule has 0 radical (unpaired) electrons. The second-order valence-electron chi connectivity index (χ2n) is 6.87. The summed E-state index contributed by atoms with van der Waals surface area (Å²) in [6, 6.07) is 5.08. The maximum atomic E-state index is 12.7. The number of rotatable bonds is 4. The van der Waals surface area contributed by atoms with Crippen molar-refractivity contribution in [2.45, 2.75) is 50.7 Å². The van der Waals surface area contributed by atoms with E-state index < -0.39 is 12.3 Å². The normalized spacial score (nSPS) is 25.8. The number of halogens is 2. The van der Waals surface area contributed by atoms with E-state index in [1.165, 1.54) is 6.20 Å². The molecule has 1 N–H and O–H groups in total. The second-order valence-corrected chi connectivity index (χ2v) is 6.87. The fourth-order valence-corrected chi connectivity index (χ4v) is 3.48. The van der Waals surface area contributed by atoms with E-state index in [-0.39, 0.29) is 18.2 Å². The van der Waals surface area contributed by atoms with Gasteiger partial charge in [-0.1, -0.05) is 0 Å². The number of urea groups is 1. The Balaban J connectivity index is 1.43. The number of pyridine rings is 1. The van der Waals surface area contributed by atoms with Crippen LogP contribution in [0.5, 0.6) is 5.88 Å². The molecule has 6 nitrogen and oxygen atoms in total. The minimum Gasteiger partial charge on any atom is -0.472 e. The van der Waals surface area contributed by atoms with Crippen LogP contribution in [0.2, 0.25) is 0 Å². The number of nitrogens with one attached hydrogen (secondary N) is 1. The summed E-state index contributed by atoms with van der Waals surface area (Å²) >= 11 is 0. The number of likely N-dealkylation sites (tertiary alicyclic amines) is 1. The quantitative estimate of drug-likeness (QED) is 0.891. The first-order valence-electron chi connectivity index (χ1n) is 8.91. The highest BCUT2D eigenvalue weighted by Gasteiger charge is 2.31. The van der Waals surface area contributed by atoms with Crippen LogP contribution < -0.4 is 10.1 Å². The van der Waals surface area contributed by atoms with E-state index in [0.29, 0.717) is 56.6 Å². The molecule has 0 bridgehead atoms. The van der Waals surface area contributed by atoms with Gasteiger partial charge in [-0.05, 0) is 31.7 Å². The standard InChI is InChI=1S/C18H22F2N4O2/c19-17(20)13-2-4-14(5-3-13)23-18(25)24-8-7-15(11-24)26-16-6-1-12(9-21)10-22-16/h1,6,10,13-15,17H,2-5,7-8,11H2,(H,23,25). The molecule has 1 aliphatic carbocycles. The molecule has 1 aliphatic heterocycles. The van der Waals surface area contributed by atoms with Crippen LogP contribution in [0.15, 0.2) is 18.3 Å². The van der Waals surface area contributed by atoms with E-state index in [1.807, 2.05) is 6.07 Å². The minimum absolute atomic E-state index is 0.0299. The lowest BCUT2D eigenvalue weighted by molar-refractivity contribution is 0.0510. The van der Waals surface area contributed by atoms with Crippen molar-refractivity contribution < 1.29 is 18.3 Å². The van der Waals surface area contributed by atoms with E-state index in [2.05, 4.69) is 10.3 Å². The van der Waals surface area contributed by atoms with Gasteiger partial charge in [0.05, 0.1) is 12.1 Å². The molecule has 1 saturated carbocycles. The Morgan fingerprint density at radius 3 is 2.69 bits per heavy atom. The molecule has 140 valence electrons. The van der Waals surface area contributed by atoms with E-state index >= 15 is 0 Å². The van der Waals surface area contributed by atoms with E-state index in [4.69, 9.17) is 10.00 Å². The van der Waals surface area contributed by atoms with Gasteiger partial charge >= 0.3 is 6.03 Å². The molecule has 1 saturated heterocycles. The molecule has 1 atom stereocenters. The lowest BCUT2D eigenvalue weighted by Gasteiger charge is -2.30. The van der Waals surface area contributed by atoms with Crippen LogP contribution in [0.25, 0.3) is 0 Å². The van der Waals surface area contributed by atoms with Crippen molar-refractivity contribution >= 4 is 6.03 Å². The summed E-state index contributed by atoms with van der Waals surface area (Å²) in [5.41, 5.74) is 0.464. The zero-order valence-electron chi connectivity index (χ0n) is 14.4. The van der Waals surface area contributed by atoms with E-state index in [0.717, 1.165) is 0 Å². The largest absolute Gasteiger partial charge is 0.472 e. The monoisotopic (exact) mass is 364 g/mol. The predicted octanol–water partition coefficient (Wildman–Crippen LogP) is 2.94. The number of carbonyl (C=O) groups is 1. The number of hydrogen-bond acceptors (Lipinski definition) is 4. The predicted molar refractivity (Wildman–Crippen MR) is 89.8 cm³/mol. The molecule has 2 fully saturated rings. The lowest BCUT2D eigenvalue weighted by atomic mass is 9.86. The third-order valence-corrected chi connectivity index (χ3v) is 5.04. The molecule has 2 amide bonds. The van der Waals surface area contributed by atoms with Gasteiger partial charge in [0.25, 0.3) is 0 Å². The summed E-state index contributed by atoms with van der Waals surface area (Å²) in [5.74, 6) is -0.103. The molecule has 1 aromatic heterocycles. The smallest absolute Gasteiger partial charge is 0.317 e. The first-order chi connectivity index (χ1) is 12.5. The van der Waals surface area contributed by atoms with Gasteiger partial charge in [0.2, 0.25) is 12.3 Å². The summed E-state index contributed by atoms with van der Waals surface area (Å²) in [5, 5.41) is 11.7. The van der Waals surface area contributed by atoms with Gasteiger partial charge < -0.3 is 15.0 Å². The van der Waals surface area contributed by atoms with Crippen molar-refractivity contribution in [3.05, 3.63) is 23.9 Å². The van der Waals surface area contributed by atoms with Crippen LogP contribution in [0.1, 0.15) is 37.7 Å². The molecule has 3 rings (SSSR count). The first kappa shape index (κ1) is 18.4. The van der Waals surface area contributed by atoms with Crippen LogP contribution >= 0.6 is 0 Å². The van der Waals surface area contributed by atoms with E-state index in [1.54, 1.807) is 17.0 Å². The van der Waals surface area contributed by atoms with Crippen molar-refractivity contribution in [3.63, 3.8) is 0 Å². The summed E-state index contributed by atoms with van der Waals surface area (Å²) in [6.07, 6.45) is 1.86. The number of nitriles is 1. The molecular weight excluding hydrogens is 342 g/mol. The van der Waals surface area contributed by atoms with Gasteiger partial charge in [-0.2, -0.15) is 5.26 Å². The lowest BCUT2D eigenvalue weighted by Crippen LogP contribution is -2.46. The third kappa shape index (κ3) is 4.59. The molecule has 26 heavy (non-hydrogen) atoms. The van der Waals surface area contributed by atoms with Crippen LogP contribution in [0.4, 0.5) is 13.6 Å². The van der Waals surface area contributed by atoms with Gasteiger partial charge in [0, 0.05) is 37.2 Å². The molecule has 8 heteroatoms. The van der Waals surface area contributed by atoms with Gasteiger partial charge in [-0.3, -0.25) is 0 Å². The summed E-state index contributed by atoms with van der Waals surface area (Å²) < 4.78 is 31.1. The van der Waals surface area contributed by atoms with Crippen molar-refractivity contribution in [2.24, 2.45) is 5.92 Å². The number of alkyl halides is 2. The third-order valence-electron chi connectivity index (χ3n) is 5.04. The Morgan fingerprint density at radius 2 is 2.08 bits per heavy atom. The number of amides is 2. The van der Waals surface area contributed by atoms with Gasteiger partial charge in [-0.25, -0.2) is 18.6 Å². The highest BCUT2D eigenvalue weighted by atomic mass is 19.3. The minimum atomic E-state index is -2.26. The fourth-order valence-electron chi connectivity index (χ4n) is 3.48. The average molecular weight is 364 g/mol. The molecule has 2 aliphatic rings.